The van der Waals surface area contributed by atoms with Crippen LogP contribution in [0.1, 0.15) is 30.5 Å². The van der Waals surface area contributed by atoms with Crippen LogP contribution in [-0.2, 0) is 4.74 Å². The fourth-order valence-electron chi connectivity index (χ4n) is 1.73. The topological polar surface area (TPSA) is 21.3 Å². The summed E-state index contributed by atoms with van der Waals surface area (Å²) in [6.07, 6.45) is 0.782. The Labute approximate surface area is 96.8 Å². The van der Waals surface area contributed by atoms with Gasteiger partial charge in [0.15, 0.2) is 0 Å². The monoisotopic (exact) mass is 225 g/mol. The fraction of sp³-hybridized carbons (Fsp3) is 0.538. The van der Waals surface area contributed by atoms with Crippen molar-refractivity contribution in [1.29, 1.82) is 0 Å². The van der Waals surface area contributed by atoms with Crippen LogP contribution in [0.4, 0.5) is 4.39 Å². The Hall–Kier alpha value is -0.930. The molecule has 3 heteroatoms. The van der Waals surface area contributed by atoms with E-state index < -0.39 is 0 Å². The van der Waals surface area contributed by atoms with Gasteiger partial charge in [0.05, 0.1) is 0 Å². The average molecular weight is 225 g/mol. The van der Waals surface area contributed by atoms with E-state index in [-0.39, 0.29) is 11.9 Å². The van der Waals surface area contributed by atoms with Crippen LogP contribution in [0.15, 0.2) is 18.2 Å². The van der Waals surface area contributed by atoms with Gasteiger partial charge in [-0.25, -0.2) is 4.39 Å². The standard InChI is InChI=1S/C13H20FNO/c1-4-16-8-7-13(15-3)11-9-10(2)5-6-12(11)14/h5-6,9,13,15H,4,7-8H2,1-3H3. The van der Waals surface area contributed by atoms with E-state index in [9.17, 15) is 4.39 Å². The summed E-state index contributed by atoms with van der Waals surface area (Å²) in [5, 5.41) is 3.13. The highest BCUT2D eigenvalue weighted by atomic mass is 19.1. The molecule has 2 nitrogen and oxygen atoms in total. The van der Waals surface area contributed by atoms with E-state index in [1.54, 1.807) is 6.07 Å². The summed E-state index contributed by atoms with van der Waals surface area (Å²) < 4.78 is 18.9. The van der Waals surface area contributed by atoms with Gasteiger partial charge in [-0.3, -0.25) is 0 Å². The molecule has 0 saturated carbocycles. The number of ether oxygens (including phenoxy) is 1. The summed E-state index contributed by atoms with van der Waals surface area (Å²) in [6.45, 7) is 5.28. The molecular formula is C13H20FNO. The lowest BCUT2D eigenvalue weighted by Gasteiger charge is -2.17. The zero-order valence-electron chi connectivity index (χ0n) is 10.2. The molecule has 1 aromatic carbocycles. The third-order valence-corrected chi connectivity index (χ3v) is 2.63. The minimum atomic E-state index is -0.151. The number of halogens is 1. The summed E-state index contributed by atoms with van der Waals surface area (Å²) >= 11 is 0. The smallest absolute Gasteiger partial charge is 0.127 e. The van der Waals surface area contributed by atoms with Crippen molar-refractivity contribution in [2.45, 2.75) is 26.3 Å². The molecule has 0 radical (unpaired) electrons. The van der Waals surface area contributed by atoms with Crippen molar-refractivity contribution in [1.82, 2.24) is 5.32 Å². The Kier molecular flexibility index (Phi) is 5.43. The first kappa shape index (κ1) is 13.1. The van der Waals surface area contributed by atoms with Gasteiger partial charge in [-0.1, -0.05) is 17.7 Å². The SMILES string of the molecule is CCOCCC(NC)c1cc(C)ccc1F. The number of nitrogens with one attached hydrogen (secondary N) is 1. The van der Waals surface area contributed by atoms with Crippen LogP contribution in [0.2, 0.25) is 0 Å². The molecule has 16 heavy (non-hydrogen) atoms. The molecule has 1 rings (SSSR count). The molecule has 1 aromatic rings. The average Bonchev–Trinajstić information content (AvgIpc) is 2.28. The second-order valence-corrected chi connectivity index (χ2v) is 3.85. The van der Waals surface area contributed by atoms with Gasteiger partial charge in [-0.2, -0.15) is 0 Å². The van der Waals surface area contributed by atoms with Crippen molar-refractivity contribution < 1.29 is 9.13 Å². The third kappa shape index (κ3) is 3.58. The lowest BCUT2D eigenvalue weighted by Crippen LogP contribution is -2.19. The second-order valence-electron chi connectivity index (χ2n) is 3.85. The zero-order chi connectivity index (χ0) is 12.0. The van der Waals surface area contributed by atoms with Gasteiger partial charge in [-0.05, 0) is 33.4 Å². The first-order valence-corrected chi connectivity index (χ1v) is 5.70. The summed E-state index contributed by atoms with van der Waals surface area (Å²) in [5.41, 5.74) is 1.80. The van der Waals surface area contributed by atoms with Gasteiger partial charge < -0.3 is 10.1 Å². The largest absolute Gasteiger partial charge is 0.382 e. The van der Waals surface area contributed by atoms with Gasteiger partial charge in [0.25, 0.3) is 0 Å². The summed E-state index contributed by atoms with van der Waals surface area (Å²) in [5.74, 6) is -0.151. The molecule has 0 fully saturated rings. The first-order chi connectivity index (χ1) is 7.69. The Morgan fingerprint density at radius 1 is 1.44 bits per heavy atom. The van der Waals surface area contributed by atoms with Crippen molar-refractivity contribution in [3.63, 3.8) is 0 Å². The van der Waals surface area contributed by atoms with Crippen LogP contribution in [0.3, 0.4) is 0 Å². The Balaban J connectivity index is 2.73. The molecule has 0 aromatic heterocycles. The van der Waals surface area contributed by atoms with E-state index in [1.807, 2.05) is 27.0 Å². The molecule has 1 unspecified atom stereocenters. The summed E-state index contributed by atoms with van der Waals surface area (Å²) in [7, 11) is 1.85. The molecule has 1 N–H and O–H groups in total. The Morgan fingerprint density at radius 3 is 2.81 bits per heavy atom. The first-order valence-electron chi connectivity index (χ1n) is 5.70. The molecule has 0 aliphatic carbocycles. The van der Waals surface area contributed by atoms with Crippen LogP contribution in [0.5, 0.6) is 0 Å². The second kappa shape index (κ2) is 6.61. The molecule has 0 saturated heterocycles. The predicted octanol–water partition coefficient (Wildman–Crippen LogP) is 2.82. The Bertz CT molecular complexity index is 328. The van der Waals surface area contributed by atoms with E-state index >= 15 is 0 Å². The van der Waals surface area contributed by atoms with Crippen LogP contribution >= 0.6 is 0 Å². The summed E-state index contributed by atoms with van der Waals surface area (Å²) in [6, 6.07) is 5.22. The van der Waals surface area contributed by atoms with Crippen molar-refractivity contribution in [3.05, 3.63) is 35.1 Å². The molecule has 0 heterocycles. The minimum absolute atomic E-state index is 0.0199. The molecule has 1 atom stereocenters. The molecule has 90 valence electrons. The number of rotatable bonds is 6. The van der Waals surface area contributed by atoms with Crippen LogP contribution in [0, 0.1) is 12.7 Å². The van der Waals surface area contributed by atoms with Gasteiger partial charge >= 0.3 is 0 Å². The summed E-state index contributed by atoms with van der Waals surface area (Å²) in [4.78, 5) is 0. The van der Waals surface area contributed by atoms with Gasteiger partial charge in [0.2, 0.25) is 0 Å². The van der Waals surface area contributed by atoms with Crippen LogP contribution < -0.4 is 5.32 Å². The maximum atomic E-state index is 13.6. The number of aryl methyl sites for hydroxylation is 1. The fourth-order valence-corrected chi connectivity index (χ4v) is 1.73. The highest BCUT2D eigenvalue weighted by Gasteiger charge is 2.13. The molecule has 0 spiro atoms. The molecule has 0 aliphatic rings. The maximum absolute atomic E-state index is 13.6. The van der Waals surface area contributed by atoms with Crippen molar-refractivity contribution >= 4 is 0 Å². The third-order valence-electron chi connectivity index (χ3n) is 2.63. The maximum Gasteiger partial charge on any atom is 0.127 e. The van der Waals surface area contributed by atoms with Gasteiger partial charge in [0.1, 0.15) is 5.82 Å². The number of hydrogen-bond acceptors (Lipinski definition) is 2. The predicted molar refractivity (Wildman–Crippen MR) is 64.0 cm³/mol. The van der Waals surface area contributed by atoms with Crippen LogP contribution in [-0.4, -0.2) is 20.3 Å². The highest BCUT2D eigenvalue weighted by molar-refractivity contribution is 5.26. The van der Waals surface area contributed by atoms with E-state index in [0.29, 0.717) is 13.2 Å². The lowest BCUT2D eigenvalue weighted by molar-refractivity contribution is 0.137. The molecular weight excluding hydrogens is 205 g/mol. The molecule has 0 amide bonds. The molecule has 0 bridgehead atoms. The quantitative estimate of drug-likeness (QED) is 0.752. The zero-order valence-corrected chi connectivity index (χ0v) is 10.2. The van der Waals surface area contributed by atoms with Crippen LogP contribution in [0.25, 0.3) is 0 Å². The van der Waals surface area contributed by atoms with E-state index in [2.05, 4.69) is 5.32 Å². The lowest BCUT2D eigenvalue weighted by atomic mass is 10.0. The van der Waals surface area contributed by atoms with Crippen molar-refractivity contribution in [2.75, 3.05) is 20.3 Å². The highest BCUT2D eigenvalue weighted by Crippen LogP contribution is 2.21. The van der Waals surface area contributed by atoms with E-state index in [1.165, 1.54) is 6.07 Å². The van der Waals surface area contributed by atoms with E-state index in [0.717, 1.165) is 17.5 Å². The van der Waals surface area contributed by atoms with Gasteiger partial charge in [-0.15, -0.1) is 0 Å². The Morgan fingerprint density at radius 2 is 2.19 bits per heavy atom. The normalized spacial score (nSPS) is 12.8. The number of hydrogen-bond donors (Lipinski definition) is 1. The van der Waals surface area contributed by atoms with E-state index in [4.69, 9.17) is 4.74 Å². The minimum Gasteiger partial charge on any atom is -0.382 e. The number of benzene rings is 1. The molecule has 0 aliphatic heterocycles. The van der Waals surface area contributed by atoms with Crippen molar-refractivity contribution in [2.24, 2.45) is 0 Å². The van der Waals surface area contributed by atoms with Gasteiger partial charge in [0, 0.05) is 24.8 Å². The van der Waals surface area contributed by atoms with Crippen molar-refractivity contribution in [3.8, 4) is 0 Å².